The summed E-state index contributed by atoms with van der Waals surface area (Å²) in [4.78, 5) is 0. The highest BCUT2D eigenvalue weighted by molar-refractivity contribution is 9.24. The zero-order chi connectivity index (χ0) is 8.97. The lowest BCUT2D eigenvalue weighted by Gasteiger charge is -2.16. The average molecular weight is 292 g/mol. The van der Waals surface area contributed by atoms with Gasteiger partial charge in [-0.3, -0.25) is 0 Å². The number of hydrogen-bond acceptors (Lipinski definition) is 0. The molecular formula is C10H12Br2. The molecule has 0 spiro atoms. The van der Waals surface area contributed by atoms with Crippen molar-refractivity contribution in [2.75, 3.05) is 0 Å². The zero-order valence-electron chi connectivity index (χ0n) is 7.00. The molecule has 1 aromatic rings. The fraction of sp³-hybridized carbons (Fsp3) is 0.400. The zero-order valence-corrected chi connectivity index (χ0v) is 10.2. The van der Waals surface area contributed by atoms with Crippen LogP contribution in [0.2, 0.25) is 0 Å². The Kier molecular flexibility index (Phi) is 4.30. The van der Waals surface area contributed by atoms with E-state index in [0.29, 0.717) is 9.65 Å². The third-order valence-corrected chi connectivity index (χ3v) is 3.25. The Balaban J connectivity index is 2.80. The molecule has 0 saturated carbocycles. The molecule has 1 atom stereocenters. The molecular weight excluding hydrogens is 280 g/mol. The van der Waals surface area contributed by atoms with Crippen LogP contribution in [-0.4, -0.2) is 3.74 Å². The van der Waals surface area contributed by atoms with Gasteiger partial charge in [0, 0.05) is 5.92 Å². The fourth-order valence-corrected chi connectivity index (χ4v) is 2.62. The SMILES string of the molecule is CCC(c1ccccc1)C(Br)Br. The molecule has 0 radical (unpaired) electrons. The predicted octanol–water partition coefficient (Wildman–Crippen LogP) is 4.30. The number of rotatable bonds is 3. The average Bonchev–Trinajstić information content (AvgIpc) is 2.07. The number of halogens is 2. The van der Waals surface area contributed by atoms with Gasteiger partial charge < -0.3 is 0 Å². The highest BCUT2D eigenvalue weighted by Crippen LogP contribution is 2.31. The summed E-state index contributed by atoms with van der Waals surface area (Å²) < 4.78 is 0.373. The van der Waals surface area contributed by atoms with Crippen molar-refractivity contribution in [2.24, 2.45) is 0 Å². The summed E-state index contributed by atoms with van der Waals surface area (Å²) in [7, 11) is 0. The molecule has 0 N–H and O–H groups in total. The Hall–Kier alpha value is 0.180. The Morgan fingerprint density at radius 3 is 2.17 bits per heavy atom. The van der Waals surface area contributed by atoms with Crippen LogP contribution in [0.3, 0.4) is 0 Å². The van der Waals surface area contributed by atoms with Crippen LogP contribution in [0.5, 0.6) is 0 Å². The highest BCUT2D eigenvalue weighted by Gasteiger charge is 2.15. The minimum absolute atomic E-state index is 0.373. The molecule has 1 unspecified atom stereocenters. The molecule has 66 valence electrons. The van der Waals surface area contributed by atoms with E-state index in [2.05, 4.69) is 63.0 Å². The molecule has 1 rings (SSSR count). The minimum Gasteiger partial charge on any atom is -0.0758 e. The van der Waals surface area contributed by atoms with E-state index in [1.807, 2.05) is 6.07 Å². The smallest absolute Gasteiger partial charge is 0.0758 e. The van der Waals surface area contributed by atoms with E-state index in [-0.39, 0.29) is 0 Å². The molecule has 0 bridgehead atoms. The van der Waals surface area contributed by atoms with Crippen molar-refractivity contribution in [3.05, 3.63) is 35.9 Å². The van der Waals surface area contributed by atoms with Crippen LogP contribution in [0, 0.1) is 0 Å². The van der Waals surface area contributed by atoms with E-state index in [1.165, 1.54) is 5.56 Å². The first-order valence-corrected chi connectivity index (χ1v) is 5.92. The molecule has 0 aliphatic heterocycles. The van der Waals surface area contributed by atoms with Gasteiger partial charge in [-0.25, -0.2) is 0 Å². The van der Waals surface area contributed by atoms with Gasteiger partial charge in [0.2, 0.25) is 0 Å². The van der Waals surface area contributed by atoms with Crippen molar-refractivity contribution in [3.63, 3.8) is 0 Å². The largest absolute Gasteiger partial charge is 0.0766 e. The Labute approximate surface area is 90.6 Å². The van der Waals surface area contributed by atoms with Gasteiger partial charge in [-0.15, -0.1) is 0 Å². The summed E-state index contributed by atoms with van der Waals surface area (Å²) in [6, 6.07) is 10.6. The molecule has 0 heterocycles. The lowest BCUT2D eigenvalue weighted by molar-refractivity contribution is 0.731. The lowest BCUT2D eigenvalue weighted by atomic mass is 9.99. The van der Waals surface area contributed by atoms with E-state index < -0.39 is 0 Å². The fourth-order valence-electron chi connectivity index (χ4n) is 1.26. The van der Waals surface area contributed by atoms with Crippen LogP contribution in [0.4, 0.5) is 0 Å². The summed E-state index contributed by atoms with van der Waals surface area (Å²) in [5.41, 5.74) is 1.39. The second-order valence-corrected chi connectivity index (χ2v) is 5.96. The normalized spacial score (nSPS) is 13.3. The van der Waals surface area contributed by atoms with Crippen molar-refractivity contribution in [2.45, 2.75) is 23.0 Å². The maximum Gasteiger partial charge on any atom is 0.0766 e. The number of alkyl halides is 2. The van der Waals surface area contributed by atoms with Crippen molar-refractivity contribution in [1.29, 1.82) is 0 Å². The second-order valence-electron chi connectivity index (χ2n) is 2.76. The number of benzene rings is 1. The monoisotopic (exact) mass is 290 g/mol. The van der Waals surface area contributed by atoms with Gasteiger partial charge in [-0.2, -0.15) is 0 Å². The van der Waals surface area contributed by atoms with Gasteiger partial charge in [-0.1, -0.05) is 69.1 Å². The van der Waals surface area contributed by atoms with E-state index >= 15 is 0 Å². The van der Waals surface area contributed by atoms with Crippen molar-refractivity contribution >= 4 is 31.9 Å². The van der Waals surface area contributed by atoms with E-state index in [4.69, 9.17) is 0 Å². The quantitative estimate of drug-likeness (QED) is 0.729. The maximum absolute atomic E-state index is 3.55. The highest BCUT2D eigenvalue weighted by atomic mass is 79.9. The molecule has 1 aromatic carbocycles. The van der Waals surface area contributed by atoms with Crippen LogP contribution in [0.25, 0.3) is 0 Å². The third-order valence-electron chi connectivity index (χ3n) is 1.97. The van der Waals surface area contributed by atoms with E-state index in [0.717, 1.165) is 6.42 Å². The predicted molar refractivity (Wildman–Crippen MR) is 61.1 cm³/mol. The summed E-state index contributed by atoms with van der Waals surface area (Å²) in [6.07, 6.45) is 1.14. The van der Waals surface area contributed by atoms with Crippen molar-refractivity contribution in [1.82, 2.24) is 0 Å². The first-order valence-electron chi connectivity index (χ1n) is 4.08. The van der Waals surface area contributed by atoms with Crippen LogP contribution < -0.4 is 0 Å². The van der Waals surface area contributed by atoms with Crippen LogP contribution >= 0.6 is 31.9 Å². The Morgan fingerprint density at radius 2 is 1.75 bits per heavy atom. The first kappa shape index (κ1) is 10.3. The summed E-state index contributed by atoms with van der Waals surface area (Å²) in [5.74, 6) is 0.561. The first-order chi connectivity index (χ1) is 5.75. The molecule has 2 heteroatoms. The van der Waals surface area contributed by atoms with Crippen molar-refractivity contribution in [3.8, 4) is 0 Å². The Bertz CT molecular complexity index is 219. The van der Waals surface area contributed by atoms with Crippen LogP contribution in [0.15, 0.2) is 30.3 Å². The summed E-state index contributed by atoms with van der Waals surface area (Å²) in [6.45, 7) is 2.20. The second kappa shape index (κ2) is 5.03. The molecule has 0 saturated heterocycles. The summed E-state index contributed by atoms with van der Waals surface area (Å²) >= 11 is 7.11. The van der Waals surface area contributed by atoms with Gasteiger partial charge in [0.05, 0.1) is 3.74 Å². The molecule has 0 nitrogen and oxygen atoms in total. The minimum atomic E-state index is 0.373. The molecule has 0 aliphatic rings. The lowest BCUT2D eigenvalue weighted by Crippen LogP contribution is -2.04. The molecule has 0 fully saturated rings. The number of hydrogen-bond donors (Lipinski definition) is 0. The topological polar surface area (TPSA) is 0 Å². The van der Waals surface area contributed by atoms with Gasteiger partial charge in [0.15, 0.2) is 0 Å². The molecule has 0 aliphatic carbocycles. The maximum atomic E-state index is 3.55. The van der Waals surface area contributed by atoms with Gasteiger partial charge in [0.1, 0.15) is 0 Å². The molecule has 0 aromatic heterocycles. The van der Waals surface area contributed by atoms with Crippen LogP contribution in [0.1, 0.15) is 24.8 Å². The van der Waals surface area contributed by atoms with E-state index in [9.17, 15) is 0 Å². The van der Waals surface area contributed by atoms with Gasteiger partial charge in [-0.05, 0) is 12.0 Å². The van der Waals surface area contributed by atoms with E-state index in [1.54, 1.807) is 0 Å². The molecule has 12 heavy (non-hydrogen) atoms. The Morgan fingerprint density at radius 1 is 1.17 bits per heavy atom. The van der Waals surface area contributed by atoms with Gasteiger partial charge >= 0.3 is 0 Å². The standard InChI is InChI=1S/C10H12Br2/c1-2-9(10(11)12)8-6-4-3-5-7-8/h3-7,9-10H,2H2,1H3. The van der Waals surface area contributed by atoms with Crippen molar-refractivity contribution < 1.29 is 0 Å². The summed E-state index contributed by atoms with van der Waals surface area (Å²) in [5, 5.41) is 0. The third kappa shape index (κ3) is 2.60. The van der Waals surface area contributed by atoms with Gasteiger partial charge in [0.25, 0.3) is 0 Å². The molecule has 0 amide bonds. The van der Waals surface area contributed by atoms with Crippen LogP contribution in [-0.2, 0) is 0 Å².